The van der Waals surface area contributed by atoms with Crippen molar-refractivity contribution in [2.75, 3.05) is 0 Å². The van der Waals surface area contributed by atoms with Crippen molar-refractivity contribution < 1.29 is 19.8 Å². The van der Waals surface area contributed by atoms with Gasteiger partial charge in [0, 0.05) is 12.8 Å². The molecule has 6 nitrogen and oxygen atoms in total. The zero-order chi connectivity index (χ0) is 27.8. The molecule has 0 saturated heterocycles. The van der Waals surface area contributed by atoms with E-state index >= 15 is 0 Å². The van der Waals surface area contributed by atoms with E-state index in [0.29, 0.717) is 36.5 Å². The van der Waals surface area contributed by atoms with Gasteiger partial charge in [-0.1, -0.05) is 68.8 Å². The van der Waals surface area contributed by atoms with E-state index < -0.39 is 23.7 Å². The lowest BCUT2D eigenvalue weighted by atomic mass is 9.61. The zero-order valence-electron chi connectivity index (χ0n) is 24.1. The molecule has 5 rings (SSSR count). The first-order valence-corrected chi connectivity index (χ1v) is 15.3. The number of hydrogen-bond acceptors (Lipinski definition) is 6. The first-order chi connectivity index (χ1) is 18.7. The lowest BCUT2D eigenvalue weighted by molar-refractivity contribution is 0.0862. The van der Waals surface area contributed by atoms with Gasteiger partial charge in [0.1, 0.15) is 0 Å². The molecule has 39 heavy (non-hydrogen) atoms. The molecule has 6 heteroatoms. The van der Waals surface area contributed by atoms with E-state index in [1.54, 1.807) is 0 Å². The number of rotatable bonds is 9. The summed E-state index contributed by atoms with van der Waals surface area (Å²) in [6.45, 7) is 11.0. The molecular formula is C33H48N2O4. The number of nitrogens with zero attached hydrogens (tertiary/aromatic N) is 2. The molecule has 1 aromatic heterocycles. The van der Waals surface area contributed by atoms with E-state index in [0.717, 1.165) is 55.5 Å². The molecule has 3 N–H and O–H groups in total. The topological polar surface area (TPSA) is 99.6 Å². The van der Waals surface area contributed by atoms with Crippen molar-refractivity contribution in [1.29, 1.82) is 0 Å². The van der Waals surface area contributed by atoms with Gasteiger partial charge in [0.2, 0.25) is 5.89 Å². The van der Waals surface area contributed by atoms with Crippen LogP contribution in [0.25, 0.3) is 0 Å². The Balaban J connectivity index is 1.26. The molecule has 0 aromatic carbocycles. The van der Waals surface area contributed by atoms with Crippen LogP contribution < -0.4 is 0 Å². The van der Waals surface area contributed by atoms with Crippen LogP contribution in [0, 0.1) is 23.2 Å². The third kappa shape index (κ3) is 5.62. The lowest BCUT2D eigenvalue weighted by Gasteiger charge is -2.44. The number of fused-ring (bicyclic) bond motifs is 1. The van der Waals surface area contributed by atoms with Gasteiger partial charge in [0.15, 0.2) is 5.82 Å². The number of aliphatic hydroxyl groups is 3. The maximum absolute atomic E-state index is 11.2. The Kier molecular flexibility index (Phi) is 8.38. The second kappa shape index (κ2) is 11.5. The minimum Gasteiger partial charge on any atom is -0.393 e. The smallest absolute Gasteiger partial charge is 0.235 e. The van der Waals surface area contributed by atoms with E-state index in [-0.39, 0.29) is 5.41 Å². The molecule has 4 fully saturated rings. The van der Waals surface area contributed by atoms with Crippen LogP contribution in [-0.2, 0) is 11.8 Å². The Morgan fingerprint density at radius 3 is 2.69 bits per heavy atom. The molecule has 4 aliphatic carbocycles. The van der Waals surface area contributed by atoms with Gasteiger partial charge < -0.3 is 19.8 Å². The van der Waals surface area contributed by atoms with Crippen molar-refractivity contribution >= 4 is 0 Å². The Hall–Kier alpha value is -2.02. The molecule has 7 atom stereocenters. The largest absolute Gasteiger partial charge is 0.393 e. The van der Waals surface area contributed by atoms with E-state index in [9.17, 15) is 15.3 Å². The molecule has 4 saturated carbocycles. The molecule has 0 radical (unpaired) electrons. The second-order valence-electron chi connectivity index (χ2n) is 13.1. The van der Waals surface area contributed by atoms with Gasteiger partial charge in [-0.15, -0.1) is 0 Å². The summed E-state index contributed by atoms with van der Waals surface area (Å²) in [5.41, 5.74) is 3.06. The second-order valence-corrected chi connectivity index (χ2v) is 13.1. The Labute approximate surface area is 234 Å². The first kappa shape index (κ1) is 28.5. The average molecular weight is 537 g/mol. The van der Waals surface area contributed by atoms with Crippen molar-refractivity contribution in [2.24, 2.45) is 23.2 Å². The van der Waals surface area contributed by atoms with Crippen molar-refractivity contribution in [3.8, 4) is 0 Å². The summed E-state index contributed by atoms with van der Waals surface area (Å²) in [6, 6.07) is 0. The summed E-state index contributed by atoms with van der Waals surface area (Å²) >= 11 is 0. The number of aryl methyl sites for hydroxylation is 1. The van der Waals surface area contributed by atoms with Gasteiger partial charge in [0.25, 0.3) is 0 Å². The van der Waals surface area contributed by atoms with Crippen LogP contribution in [0.15, 0.2) is 52.1 Å². The third-order valence-electron chi connectivity index (χ3n) is 10.5. The predicted molar refractivity (Wildman–Crippen MR) is 153 cm³/mol. The highest BCUT2D eigenvalue weighted by atomic mass is 16.5. The van der Waals surface area contributed by atoms with Crippen LogP contribution in [0.5, 0.6) is 0 Å². The molecule has 1 heterocycles. The monoisotopic (exact) mass is 536 g/mol. The van der Waals surface area contributed by atoms with Crippen molar-refractivity contribution in [3.63, 3.8) is 0 Å². The van der Waals surface area contributed by atoms with Gasteiger partial charge in [-0.2, -0.15) is 4.98 Å². The van der Waals surface area contributed by atoms with Crippen molar-refractivity contribution in [1.82, 2.24) is 10.1 Å². The van der Waals surface area contributed by atoms with E-state index in [1.807, 2.05) is 6.08 Å². The highest BCUT2D eigenvalue weighted by molar-refractivity contribution is 5.38. The minimum atomic E-state index is -0.647. The molecule has 214 valence electrons. The standard InChI is InChI=1S/C33H48N2O4/c1-5-6-9-30-34-31(39-35-30)33(17-18-33)29(38)15-10-21(2)26-13-14-27-23(8-7-16-32(26,27)4)11-12-24-19-25(36)20-28(37)22(24)3/h10-12,15,21,25-29,36-38H,3,5-9,13-14,16-20H2,1-2,4H3/t21-,25-,26-,27+,28+,29+,32-/m1/s1. The molecule has 1 aromatic rings. The fourth-order valence-corrected chi connectivity index (χ4v) is 7.87. The first-order valence-electron chi connectivity index (χ1n) is 15.3. The van der Waals surface area contributed by atoms with Gasteiger partial charge in [-0.25, -0.2) is 0 Å². The quantitative estimate of drug-likeness (QED) is 0.328. The summed E-state index contributed by atoms with van der Waals surface area (Å²) in [4.78, 5) is 4.63. The minimum absolute atomic E-state index is 0.234. The van der Waals surface area contributed by atoms with E-state index in [4.69, 9.17) is 4.52 Å². The molecule has 0 bridgehead atoms. The number of aliphatic hydroxyl groups excluding tert-OH is 3. The van der Waals surface area contributed by atoms with Gasteiger partial charge in [-0.3, -0.25) is 0 Å². The zero-order valence-corrected chi connectivity index (χ0v) is 24.1. The molecule has 0 spiro atoms. The Bertz CT molecular complexity index is 1130. The van der Waals surface area contributed by atoms with Crippen LogP contribution in [0.3, 0.4) is 0 Å². The maximum Gasteiger partial charge on any atom is 0.235 e. The Morgan fingerprint density at radius 1 is 1.15 bits per heavy atom. The number of allylic oxidation sites excluding steroid dienone is 4. The summed E-state index contributed by atoms with van der Waals surface area (Å²) in [5.74, 6) is 2.84. The van der Waals surface area contributed by atoms with E-state index in [2.05, 4.69) is 55.7 Å². The van der Waals surface area contributed by atoms with Crippen LogP contribution in [-0.4, -0.2) is 43.8 Å². The van der Waals surface area contributed by atoms with Crippen molar-refractivity contribution in [3.05, 3.63) is 59.3 Å². The Morgan fingerprint density at radius 2 is 1.95 bits per heavy atom. The normalized spacial score (nSPS) is 36.0. The van der Waals surface area contributed by atoms with Crippen LogP contribution in [0.4, 0.5) is 0 Å². The van der Waals surface area contributed by atoms with E-state index in [1.165, 1.54) is 31.3 Å². The van der Waals surface area contributed by atoms with Crippen LogP contribution >= 0.6 is 0 Å². The highest BCUT2D eigenvalue weighted by Crippen LogP contribution is 2.60. The molecule has 4 aliphatic rings. The average Bonchev–Trinajstić information content (AvgIpc) is 3.44. The highest BCUT2D eigenvalue weighted by Gasteiger charge is 2.55. The van der Waals surface area contributed by atoms with Gasteiger partial charge >= 0.3 is 0 Å². The van der Waals surface area contributed by atoms with Crippen molar-refractivity contribution in [2.45, 2.75) is 122 Å². The third-order valence-corrected chi connectivity index (χ3v) is 10.5. The summed E-state index contributed by atoms with van der Waals surface area (Å²) in [5, 5.41) is 35.7. The fraction of sp³-hybridized carbons (Fsp3) is 0.697. The molecular weight excluding hydrogens is 488 g/mol. The number of unbranched alkanes of at least 4 members (excludes halogenated alkanes) is 1. The molecule has 0 unspecified atom stereocenters. The summed E-state index contributed by atoms with van der Waals surface area (Å²) in [7, 11) is 0. The number of hydrogen-bond donors (Lipinski definition) is 3. The summed E-state index contributed by atoms with van der Waals surface area (Å²) < 4.78 is 5.60. The lowest BCUT2D eigenvalue weighted by Crippen LogP contribution is -2.35. The fourth-order valence-electron chi connectivity index (χ4n) is 7.87. The maximum atomic E-state index is 11.2. The summed E-state index contributed by atoms with van der Waals surface area (Å²) in [6.07, 6.45) is 18.5. The van der Waals surface area contributed by atoms with Gasteiger partial charge in [-0.05, 0) is 92.1 Å². The number of aromatic nitrogens is 2. The SMILES string of the molecule is C=C1C(=CC=C2CCC[C@]3(C)[C@@H]([C@H](C)C=C[C@H](O)C4(c5nc(CCCC)no5)CC4)CC[C@@H]23)C[C@@H](O)C[C@@H]1O. The molecule has 0 amide bonds. The van der Waals surface area contributed by atoms with Crippen LogP contribution in [0.2, 0.25) is 0 Å². The molecule has 0 aliphatic heterocycles. The van der Waals surface area contributed by atoms with Crippen LogP contribution in [0.1, 0.15) is 103 Å². The van der Waals surface area contributed by atoms with Gasteiger partial charge in [0.05, 0.1) is 23.7 Å². The predicted octanol–water partition coefficient (Wildman–Crippen LogP) is 6.14.